The Hall–Kier alpha value is -1.19. The van der Waals surface area contributed by atoms with Crippen molar-refractivity contribution in [1.29, 1.82) is 0 Å². The average molecular weight is 289 g/mol. The van der Waals surface area contributed by atoms with Gasteiger partial charge in [-0.3, -0.25) is 9.59 Å². The van der Waals surface area contributed by atoms with Gasteiger partial charge in [0.25, 0.3) is 0 Å². The molecule has 3 saturated carbocycles. The molecule has 4 nitrogen and oxygen atoms in total. The van der Waals surface area contributed by atoms with E-state index >= 15 is 0 Å². The number of ketones is 2. The summed E-state index contributed by atoms with van der Waals surface area (Å²) < 4.78 is 0. The third-order valence-electron chi connectivity index (χ3n) is 6.37. The molecule has 0 unspecified atom stereocenters. The van der Waals surface area contributed by atoms with E-state index in [2.05, 4.69) is 12.1 Å². The van der Waals surface area contributed by atoms with E-state index in [1.807, 2.05) is 0 Å². The summed E-state index contributed by atoms with van der Waals surface area (Å²) in [6.45, 7) is 2.09. The van der Waals surface area contributed by atoms with Crippen LogP contribution in [0.25, 0.3) is 0 Å². The fourth-order valence-corrected chi connectivity index (χ4v) is 4.68. The summed E-state index contributed by atoms with van der Waals surface area (Å²) in [5.74, 6) is 1.08. The maximum atomic E-state index is 12.3. The molecular weight excluding hydrogens is 266 g/mol. The molecule has 0 bridgehead atoms. The summed E-state index contributed by atoms with van der Waals surface area (Å²) in [6.07, 6.45) is 7.82. The van der Waals surface area contributed by atoms with Gasteiger partial charge in [0.1, 0.15) is 17.2 Å². The minimum Gasteiger partial charge on any atom is -0.389 e. The van der Waals surface area contributed by atoms with Crippen LogP contribution in [-0.2, 0) is 14.4 Å². The summed E-state index contributed by atoms with van der Waals surface area (Å²) in [4.78, 5) is 30.0. The van der Waals surface area contributed by atoms with E-state index in [-0.39, 0.29) is 22.9 Å². The zero-order valence-corrected chi connectivity index (χ0v) is 12.7. The van der Waals surface area contributed by atoms with Gasteiger partial charge in [0.2, 0.25) is 0 Å². The Labute approximate surface area is 125 Å². The van der Waals surface area contributed by atoms with Gasteiger partial charge >= 0.3 is 0 Å². The Morgan fingerprint density at radius 2 is 2.05 bits per heavy atom. The zero-order chi connectivity index (χ0) is 14.7. The van der Waals surface area contributed by atoms with Crippen LogP contribution in [0.1, 0.15) is 64.7 Å². The highest BCUT2D eigenvalue weighted by atomic mass is 16.7. The summed E-state index contributed by atoms with van der Waals surface area (Å²) in [6, 6.07) is 0. The number of carbonyl (C=O) groups is 2. The molecule has 0 aromatic rings. The molecule has 0 radical (unpaired) electrons. The monoisotopic (exact) mass is 289 g/mol. The van der Waals surface area contributed by atoms with Crippen molar-refractivity contribution in [1.82, 2.24) is 0 Å². The Morgan fingerprint density at radius 1 is 1.24 bits per heavy atom. The molecule has 4 heteroatoms. The second-order valence-electron chi connectivity index (χ2n) is 7.71. The van der Waals surface area contributed by atoms with Crippen LogP contribution < -0.4 is 0 Å². The molecule has 0 aromatic heterocycles. The van der Waals surface area contributed by atoms with E-state index in [1.54, 1.807) is 0 Å². The van der Waals surface area contributed by atoms with Crippen molar-refractivity contribution in [3.05, 3.63) is 0 Å². The Balaban J connectivity index is 1.43. The largest absolute Gasteiger partial charge is 0.389 e. The standard InChI is InChI=1S/C17H23NO3/c1-16-7-6-14(19)12(13(16)4-5-15(16)20)3-2-11-10-17(8-9-17)21-18-11/h12-13H,2-10H2,1H3/t12-,13-,16-/m0/s1. The number of nitrogens with zero attached hydrogens (tertiary/aromatic N) is 1. The highest BCUT2D eigenvalue weighted by molar-refractivity contribution is 5.92. The van der Waals surface area contributed by atoms with E-state index < -0.39 is 0 Å². The molecule has 1 aliphatic heterocycles. The molecule has 0 saturated heterocycles. The molecule has 4 aliphatic rings. The van der Waals surface area contributed by atoms with Gasteiger partial charge in [-0.05, 0) is 44.4 Å². The van der Waals surface area contributed by atoms with Crippen molar-refractivity contribution >= 4 is 17.3 Å². The van der Waals surface area contributed by atoms with E-state index in [0.29, 0.717) is 24.4 Å². The topological polar surface area (TPSA) is 55.7 Å². The Kier molecular flexibility index (Phi) is 2.82. The number of hydrogen-bond donors (Lipinski definition) is 0. The molecule has 4 rings (SSSR count). The lowest BCUT2D eigenvalue weighted by Gasteiger charge is -2.39. The molecule has 3 fully saturated rings. The van der Waals surface area contributed by atoms with Crippen molar-refractivity contribution in [3.63, 3.8) is 0 Å². The summed E-state index contributed by atoms with van der Waals surface area (Å²) in [5, 5.41) is 4.22. The Bertz CT molecular complexity index is 534. The fourth-order valence-electron chi connectivity index (χ4n) is 4.68. The molecule has 3 atom stereocenters. The van der Waals surface area contributed by atoms with Gasteiger partial charge in [0.05, 0.1) is 5.71 Å². The van der Waals surface area contributed by atoms with Crippen molar-refractivity contribution < 1.29 is 14.4 Å². The molecule has 21 heavy (non-hydrogen) atoms. The normalized spacial score (nSPS) is 40.1. The lowest BCUT2D eigenvalue weighted by atomic mass is 9.62. The summed E-state index contributed by atoms with van der Waals surface area (Å²) >= 11 is 0. The van der Waals surface area contributed by atoms with E-state index in [4.69, 9.17) is 4.84 Å². The molecule has 0 amide bonds. The molecule has 1 heterocycles. The van der Waals surface area contributed by atoms with E-state index in [9.17, 15) is 9.59 Å². The lowest BCUT2D eigenvalue weighted by molar-refractivity contribution is -0.136. The third kappa shape index (κ3) is 2.06. The van der Waals surface area contributed by atoms with Crippen LogP contribution in [0.4, 0.5) is 0 Å². The van der Waals surface area contributed by atoms with Gasteiger partial charge in [-0.2, -0.15) is 0 Å². The maximum absolute atomic E-state index is 12.3. The average Bonchev–Trinajstić information content (AvgIpc) is 2.99. The summed E-state index contributed by atoms with van der Waals surface area (Å²) in [5.41, 5.74) is 0.936. The number of fused-ring (bicyclic) bond motifs is 1. The second-order valence-corrected chi connectivity index (χ2v) is 7.71. The predicted molar refractivity (Wildman–Crippen MR) is 77.9 cm³/mol. The van der Waals surface area contributed by atoms with Crippen LogP contribution in [0.15, 0.2) is 5.16 Å². The van der Waals surface area contributed by atoms with Crippen LogP contribution in [-0.4, -0.2) is 22.9 Å². The van der Waals surface area contributed by atoms with Crippen molar-refractivity contribution in [2.75, 3.05) is 0 Å². The van der Waals surface area contributed by atoms with Gasteiger partial charge in [0, 0.05) is 30.6 Å². The molecule has 0 aromatic carbocycles. The first-order chi connectivity index (χ1) is 10.0. The highest BCUT2D eigenvalue weighted by Crippen LogP contribution is 2.53. The summed E-state index contributed by atoms with van der Waals surface area (Å²) in [7, 11) is 0. The van der Waals surface area contributed by atoms with Gasteiger partial charge in [-0.25, -0.2) is 0 Å². The van der Waals surface area contributed by atoms with E-state index in [1.165, 1.54) is 0 Å². The predicted octanol–water partition coefficient (Wildman–Crippen LogP) is 3.04. The lowest BCUT2D eigenvalue weighted by Crippen LogP contribution is -2.42. The number of rotatable bonds is 3. The highest BCUT2D eigenvalue weighted by Gasteiger charge is 2.54. The van der Waals surface area contributed by atoms with Gasteiger partial charge in [-0.15, -0.1) is 0 Å². The fraction of sp³-hybridized carbons (Fsp3) is 0.824. The first kappa shape index (κ1) is 13.5. The quantitative estimate of drug-likeness (QED) is 0.802. The number of hydrogen-bond acceptors (Lipinski definition) is 4. The minimum atomic E-state index is -0.232. The molecule has 1 spiro atoms. The number of oxime groups is 1. The van der Waals surface area contributed by atoms with Crippen molar-refractivity contribution in [2.45, 2.75) is 70.3 Å². The first-order valence-electron chi connectivity index (χ1n) is 8.32. The first-order valence-corrected chi connectivity index (χ1v) is 8.32. The molecule has 3 aliphatic carbocycles. The molecular formula is C17H23NO3. The van der Waals surface area contributed by atoms with E-state index in [0.717, 1.165) is 50.7 Å². The minimum absolute atomic E-state index is 0.0454. The number of Topliss-reactive ketones (excluding diaryl/α,β-unsaturated/α-hetero) is 2. The zero-order valence-electron chi connectivity index (χ0n) is 12.7. The van der Waals surface area contributed by atoms with Gasteiger partial charge in [0.15, 0.2) is 0 Å². The smallest absolute Gasteiger partial charge is 0.143 e. The second kappa shape index (κ2) is 4.40. The van der Waals surface area contributed by atoms with Gasteiger partial charge < -0.3 is 4.84 Å². The molecule has 114 valence electrons. The van der Waals surface area contributed by atoms with Crippen LogP contribution in [0.3, 0.4) is 0 Å². The van der Waals surface area contributed by atoms with Crippen molar-refractivity contribution in [3.8, 4) is 0 Å². The third-order valence-corrected chi connectivity index (χ3v) is 6.37. The maximum Gasteiger partial charge on any atom is 0.143 e. The van der Waals surface area contributed by atoms with Crippen molar-refractivity contribution in [2.24, 2.45) is 22.4 Å². The van der Waals surface area contributed by atoms with Gasteiger partial charge in [-0.1, -0.05) is 12.1 Å². The molecule has 0 N–H and O–H groups in total. The Morgan fingerprint density at radius 3 is 2.76 bits per heavy atom. The number of carbonyl (C=O) groups excluding carboxylic acids is 2. The van der Waals surface area contributed by atoms with Crippen LogP contribution in [0, 0.1) is 17.3 Å². The SMILES string of the molecule is C[C@]12CCC(=O)[C@@H](CCC3=NOC4(CC4)C3)[C@@H]1CCC2=O. The van der Waals surface area contributed by atoms with Crippen LogP contribution in [0.5, 0.6) is 0 Å². The van der Waals surface area contributed by atoms with Crippen LogP contribution >= 0.6 is 0 Å². The van der Waals surface area contributed by atoms with Crippen LogP contribution in [0.2, 0.25) is 0 Å².